The number of fused-ring (bicyclic) bond motifs is 2. The first-order chi connectivity index (χ1) is 13.4. The normalized spacial score (nSPS) is 13.7. The van der Waals surface area contributed by atoms with Gasteiger partial charge in [0.05, 0.1) is 35.0 Å². The van der Waals surface area contributed by atoms with E-state index in [1.807, 2.05) is 29.8 Å². The van der Waals surface area contributed by atoms with Crippen LogP contribution in [0.25, 0.3) is 33.4 Å². The summed E-state index contributed by atoms with van der Waals surface area (Å²) in [5.74, 6) is 0.578. The summed E-state index contributed by atoms with van der Waals surface area (Å²) in [6.45, 7) is 1.06. The van der Waals surface area contributed by atoms with Crippen molar-refractivity contribution < 1.29 is 17.9 Å². The molecule has 0 spiro atoms. The third-order valence-corrected chi connectivity index (χ3v) is 4.93. The SMILES string of the molecule is Cn1cnc2ccc(-c3c(-c4cccc(C(F)(F)F)c4)nn4c3OCC4)cc21. The summed E-state index contributed by atoms with van der Waals surface area (Å²) >= 11 is 0. The highest BCUT2D eigenvalue weighted by Crippen LogP contribution is 2.42. The van der Waals surface area contributed by atoms with Crippen LogP contribution >= 0.6 is 0 Å². The Labute approximate surface area is 158 Å². The van der Waals surface area contributed by atoms with E-state index in [1.165, 1.54) is 6.07 Å². The maximum absolute atomic E-state index is 13.2. The summed E-state index contributed by atoms with van der Waals surface area (Å²) in [5.41, 5.74) is 3.46. The average Bonchev–Trinajstić information content (AvgIpc) is 3.35. The second-order valence-electron chi connectivity index (χ2n) is 6.74. The minimum Gasteiger partial charge on any atom is -0.475 e. The van der Waals surface area contributed by atoms with Crippen LogP contribution in [0, 0.1) is 0 Å². The smallest absolute Gasteiger partial charge is 0.416 e. The van der Waals surface area contributed by atoms with Gasteiger partial charge < -0.3 is 9.30 Å². The molecule has 0 unspecified atom stereocenters. The topological polar surface area (TPSA) is 44.9 Å². The molecule has 1 aliphatic rings. The molecule has 0 saturated carbocycles. The van der Waals surface area contributed by atoms with Crippen LogP contribution < -0.4 is 4.74 Å². The van der Waals surface area contributed by atoms with Crippen molar-refractivity contribution in [3.8, 4) is 28.3 Å². The zero-order chi connectivity index (χ0) is 19.5. The van der Waals surface area contributed by atoms with Crippen LogP contribution in [0.5, 0.6) is 5.88 Å². The number of hydrogen-bond donors (Lipinski definition) is 0. The van der Waals surface area contributed by atoms with Gasteiger partial charge in [-0.05, 0) is 29.8 Å². The molecule has 4 aromatic rings. The number of aromatic nitrogens is 4. The van der Waals surface area contributed by atoms with Gasteiger partial charge in [0.15, 0.2) is 0 Å². The third-order valence-electron chi connectivity index (χ3n) is 4.93. The van der Waals surface area contributed by atoms with Crippen molar-refractivity contribution in [1.82, 2.24) is 19.3 Å². The molecule has 0 aliphatic carbocycles. The molecule has 0 amide bonds. The molecule has 142 valence electrons. The summed E-state index contributed by atoms with van der Waals surface area (Å²) in [4.78, 5) is 4.32. The number of halogens is 3. The maximum Gasteiger partial charge on any atom is 0.416 e. The van der Waals surface area contributed by atoms with Crippen molar-refractivity contribution in [2.45, 2.75) is 12.7 Å². The Kier molecular flexibility index (Phi) is 3.52. The average molecular weight is 384 g/mol. The van der Waals surface area contributed by atoms with E-state index in [1.54, 1.807) is 17.1 Å². The molecular formula is C20H15F3N4O. The fourth-order valence-corrected chi connectivity index (χ4v) is 3.56. The van der Waals surface area contributed by atoms with Gasteiger partial charge in [-0.15, -0.1) is 0 Å². The van der Waals surface area contributed by atoms with Crippen LogP contribution in [0.3, 0.4) is 0 Å². The lowest BCUT2D eigenvalue weighted by molar-refractivity contribution is -0.137. The first kappa shape index (κ1) is 16.9. The van der Waals surface area contributed by atoms with Crippen molar-refractivity contribution in [2.75, 3.05) is 6.61 Å². The Morgan fingerprint density at radius 3 is 2.75 bits per heavy atom. The largest absolute Gasteiger partial charge is 0.475 e. The lowest BCUT2D eigenvalue weighted by atomic mass is 9.99. The molecule has 1 aliphatic heterocycles. The first-order valence-corrected chi connectivity index (χ1v) is 8.74. The second-order valence-corrected chi connectivity index (χ2v) is 6.74. The molecule has 28 heavy (non-hydrogen) atoms. The number of benzene rings is 2. The van der Waals surface area contributed by atoms with Crippen molar-refractivity contribution in [3.63, 3.8) is 0 Å². The fourth-order valence-electron chi connectivity index (χ4n) is 3.56. The fraction of sp³-hybridized carbons (Fsp3) is 0.200. The molecule has 0 saturated heterocycles. The van der Waals surface area contributed by atoms with Crippen LogP contribution in [0.2, 0.25) is 0 Å². The zero-order valence-electron chi connectivity index (χ0n) is 14.9. The molecule has 2 aromatic heterocycles. The summed E-state index contributed by atoms with van der Waals surface area (Å²) < 4.78 is 48.9. The van der Waals surface area contributed by atoms with Crippen molar-refractivity contribution in [2.24, 2.45) is 7.05 Å². The summed E-state index contributed by atoms with van der Waals surface area (Å²) in [6, 6.07) is 11.0. The van der Waals surface area contributed by atoms with Crippen LogP contribution in [0.1, 0.15) is 5.56 Å². The quantitative estimate of drug-likeness (QED) is 0.511. The number of nitrogens with zero attached hydrogens (tertiary/aromatic N) is 4. The molecule has 5 rings (SSSR count). The predicted octanol–water partition coefficient (Wildman–Crippen LogP) is 4.52. The number of ether oxygens (including phenoxy) is 1. The van der Waals surface area contributed by atoms with Crippen LogP contribution in [0.15, 0.2) is 48.8 Å². The molecule has 0 bridgehead atoms. The van der Waals surface area contributed by atoms with Crippen LogP contribution in [-0.4, -0.2) is 25.9 Å². The zero-order valence-corrected chi connectivity index (χ0v) is 14.9. The van der Waals surface area contributed by atoms with E-state index in [0.29, 0.717) is 35.9 Å². The van der Waals surface area contributed by atoms with Gasteiger partial charge in [-0.1, -0.05) is 18.2 Å². The molecule has 8 heteroatoms. The van der Waals surface area contributed by atoms with Crippen molar-refractivity contribution >= 4 is 11.0 Å². The molecule has 5 nitrogen and oxygen atoms in total. The Bertz CT molecular complexity index is 1210. The van der Waals surface area contributed by atoms with E-state index in [0.717, 1.165) is 28.7 Å². The van der Waals surface area contributed by atoms with Crippen molar-refractivity contribution in [3.05, 3.63) is 54.4 Å². The van der Waals surface area contributed by atoms with Gasteiger partial charge in [-0.25, -0.2) is 9.67 Å². The summed E-state index contributed by atoms with van der Waals surface area (Å²) in [6.07, 6.45) is -2.69. The molecule has 0 N–H and O–H groups in total. The van der Waals surface area contributed by atoms with Crippen LogP contribution in [-0.2, 0) is 19.8 Å². The lowest BCUT2D eigenvalue weighted by Gasteiger charge is -2.10. The maximum atomic E-state index is 13.2. The van der Waals surface area contributed by atoms with Crippen molar-refractivity contribution in [1.29, 1.82) is 0 Å². The van der Waals surface area contributed by atoms with E-state index in [2.05, 4.69) is 10.1 Å². The first-order valence-electron chi connectivity index (χ1n) is 8.74. The Morgan fingerprint density at radius 2 is 1.93 bits per heavy atom. The third kappa shape index (κ3) is 2.56. The minimum absolute atomic E-state index is 0.403. The minimum atomic E-state index is -4.41. The number of alkyl halides is 3. The van der Waals surface area contributed by atoms with E-state index < -0.39 is 11.7 Å². The van der Waals surface area contributed by atoms with E-state index in [9.17, 15) is 13.2 Å². The standard InChI is InChI=1S/C20H15F3N4O/c1-26-11-24-15-6-5-12(10-16(15)26)17-18(25-27-7-8-28-19(17)27)13-3-2-4-14(9-13)20(21,22)23/h2-6,9-11H,7-8H2,1H3. The Morgan fingerprint density at radius 1 is 1.07 bits per heavy atom. The van der Waals surface area contributed by atoms with Gasteiger partial charge in [0.2, 0.25) is 5.88 Å². The van der Waals surface area contributed by atoms with Gasteiger partial charge >= 0.3 is 6.18 Å². The predicted molar refractivity (Wildman–Crippen MR) is 97.9 cm³/mol. The Balaban J connectivity index is 1.73. The highest BCUT2D eigenvalue weighted by atomic mass is 19.4. The molecule has 2 aromatic carbocycles. The Hall–Kier alpha value is -3.29. The van der Waals surface area contributed by atoms with Gasteiger partial charge in [0, 0.05) is 12.6 Å². The van der Waals surface area contributed by atoms with Crippen LogP contribution in [0.4, 0.5) is 13.2 Å². The lowest BCUT2D eigenvalue weighted by Crippen LogP contribution is -2.04. The molecule has 3 heterocycles. The second kappa shape index (κ2) is 5.85. The highest BCUT2D eigenvalue weighted by molar-refractivity contribution is 5.90. The summed E-state index contributed by atoms with van der Waals surface area (Å²) in [7, 11) is 1.89. The van der Waals surface area contributed by atoms with Gasteiger partial charge in [0.25, 0.3) is 0 Å². The monoisotopic (exact) mass is 384 g/mol. The molecule has 0 atom stereocenters. The van der Waals surface area contributed by atoms with Gasteiger partial charge in [-0.2, -0.15) is 18.3 Å². The molecular weight excluding hydrogens is 369 g/mol. The number of imidazole rings is 1. The van der Waals surface area contributed by atoms with Gasteiger partial charge in [0.1, 0.15) is 12.3 Å². The summed E-state index contributed by atoms with van der Waals surface area (Å²) in [5, 5.41) is 4.55. The molecule has 0 radical (unpaired) electrons. The van der Waals surface area contributed by atoms with E-state index >= 15 is 0 Å². The number of hydrogen-bond acceptors (Lipinski definition) is 3. The van der Waals surface area contributed by atoms with E-state index in [-0.39, 0.29) is 0 Å². The number of aryl methyl sites for hydroxylation is 1. The molecule has 0 fully saturated rings. The number of rotatable bonds is 2. The van der Waals surface area contributed by atoms with Gasteiger partial charge in [-0.3, -0.25) is 0 Å². The van der Waals surface area contributed by atoms with E-state index in [4.69, 9.17) is 4.74 Å². The highest BCUT2D eigenvalue weighted by Gasteiger charge is 2.32.